The van der Waals surface area contributed by atoms with Crippen LogP contribution in [0.4, 0.5) is 0 Å². The second-order valence-corrected chi connectivity index (χ2v) is 7.39. The van der Waals surface area contributed by atoms with E-state index in [1.807, 2.05) is 0 Å². The number of likely N-dealkylation sites (tertiary alicyclic amines) is 1. The third-order valence-electron chi connectivity index (χ3n) is 3.89. The second kappa shape index (κ2) is 3.94. The molecular formula is C14H27NO2. The van der Waals surface area contributed by atoms with E-state index in [0.717, 1.165) is 26.2 Å². The quantitative estimate of drug-likeness (QED) is 0.651. The lowest BCUT2D eigenvalue weighted by molar-refractivity contribution is -0.199. The number of hydrogen-bond acceptors (Lipinski definition) is 3. The van der Waals surface area contributed by atoms with Crippen LogP contribution in [0.25, 0.3) is 0 Å². The van der Waals surface area contributed by atoms with Crippen LogP contribution in [0.2, 0.25) is 0 Å². The Morgan fingerprint density at radius 1 is 1.00 bits per heavy atom. The predicted molar refractivity (Wildman–Crippen MR) is 69.0 cm³/mol. The van der Waals surface area contributed by atoms with Crippen molar-refractivity contribution < 1.29 is 9.47 Å². The van der Waals surface area contributed by atoms with Gasteiger partial charge in [0.2, 0.25) is 0 Å². The number of ether oxygens (including phenoxy) is 2. The Kier molecular flexibility index (Phi) is 3.08. The third-order valence-corrected chi connectivity index (χ3v) is 3.89. The molecule has 0 N–H and O–H groups in total. The Hall–Kier alpha value is -0.120. The first-order valence-electron chi connectivity index (χ1n) is 6.71. The van der Waals surface area contributed by atoms with Crippen LogP contribution in [0.3, 0.4) is 0 Å². The van der Waals surface area contributed by atoms with Gasteiger partial charge < -0.3 is 9.47 Å². The van der Waals surface area contributed by atoms with Crippen molar-refractivity contribution in [1.82, 2.24) is 4.90 Å². The van der Waals surface area contributed by atoms with Crippen LogP contribution in [0, 0.1) is 5.41 Å². The SMILES string of the molecule is CC(C)(C)C1N(C(C)(C)C)CCC12OCCO2. The molecule has 0 aliphatic carbocycles. The van der Waals surface area contributed by atoms with E-state index in [2.05, 4.69) is 46.4 Å². The molecule has 3 nitrogen and oxygen atoms in total. The first-order valence-corrected chi connectivity index (χ1v) is 6.71. The van der Waals surface area contributed by atoms with Gasteiger partial charge in [0.1, 0.15) is 0 Å². The predicted octanol–water partition coefficient (Wildman–Crippen LogP) is 2.65. The second-order valence-electron chi connectivity index (χ2n) is 7.39. The molecule has 2 heterocycles. The number of nitrogens with zero attached hydrogens (tertiary/aromatic N) is 1. The van der Waals surface area contributed by atoms with Gasteiger partial charge in [-0.1, -0.05) is 20.8 Å². The van der Waals surface area contributed by atoms with E-state index in [9.17, 15) is 0 Å². The summed E-state index contributed by atoms with van der Waals surface area (Å²) in [5.41, 5.74) is 0.324. The molecule has 0 radical (unpaired) electrons. The van der Waals surface area contributed by atoms with Gasteiger partial charge in [-0.25, -0.2) is 0 Å². The van der Waals surface area contributed by atoms with Crippen molar-refractivity contribution >= 4 is 0 Å². The van der Waals surface area contributed by atoms with Crippen LogP contribution in [-0.2, 0) is 9.47 Å². The van der Waals surface area contributed by atoms with Crippen LogP contribution in [0.15, 0.2) is 0 Å². The maximum absolute atomic E-state index is 6.00. The molecule has 2 aliphatic rings. The minimum Gasteiger partial charge on any atom is -0.346 e. The Labute approximate surface area is 105 Å². The maximum atomic E-state index is 6.00. The van der Waals surface area contributed by atoms with Gasteiger partial charge in [-0.3, -0.25) is 4.90 Å². The summed E-state index contributed by atoms with van der Waals surface area (Å²) >= 11 is 0. The van der Waals surface area contributed by atoms with E-state index in [1.165, 1.54) is 0 Å². The van der Waals surface area contributed by atoms with Crippen LogP contribution < -0.4 is 0 Å². The van der Waals surface area contributed by atoms with E-state index in [0.29, 0.717) is 6.04 Å². The summed E-state index contributed by atoms with van der Waals surface area (Å²) in [6.45, 7) is 16.2. The lowest BCUT2D eigenvalue weighted by Crippen LogP contribution is -2.57. The van der Waals surface area contributed by atoms with E-state index in [4.69, 9.17) is 9.47 Å². The van der Waals surface area contributed by atoms with Crippen molar-refractivity contribution in [2.75, 3.05) is 19.8 Å². The highest BCUT2D eigenvalue weighted by molar-refractivity contribution is 5.05. The first-order chi connectivity index (χ1) is 7.67. The monoisotopic (exact) mass is 241 g/mol. The zero-order valence-electron chi connectivity index (χ0n) is 12.2. The van der Waals surface area contributed by atoms with Gasteiger partial charge in [0.15, 0.2) is 5.79 Å². The smallest absolute Gasteiger partial charge is 0.185 e. The van der Waals surface area contributed by atoms with Crippen molar-refractivity contribution in [1.29, 1.82) is 0 Å². The molecule has 1 atom stereocenters. The lowest BCUT2D eigenvalue weighted by Gasteiger charge is -2.47. The van der Waals surface area contributed by atoms with E-state index in [-0.39, 0.29) is 16.7 Å². The van der Waals surface area contributed by atoms with Gasteiger partial charge in [-0.05, 0) is 26.2 Å². The summed E-state index contributed by atoms with van der Waals surface area (Å²) in [5.74, 6) is -0.356. The summed E-state index contributed by atoms with van der Waals surface area (Å²) in [6, 6.07) is 0.331. The summed E-state index contributed by atoms with van der Waals surface area (Å²) in [4.78, 5) is 2.55. The zero-order chi connectivity index (χ0) is 12.9. The molecule has 0 aromatic rings. The molecule has 0 amide bonds. The van der Waals surface area contributed by atoms with Crippen molar-refractivity contribution in [2.45, 2.75) is 65.3 Å². The van der Waals surface area contributed by atoms with E-state index >= 15 is 0 Å². The molecule has 0 saturated carbocycles. The molecule has 0 aromatic carbocycles. The van der Waals surface area contributed by atoms with Crippen LogP contribution in [0.5, 0.6) is 0 Å². The molecule has 2 saturated heterocycles. The van der Waals surface area contributed by atoms with Crippen molar-refractivity contribution in [3.8, 4) is 0 Å². The van der Waals surface area contributed by atoms with Crippen molar-refractivity contribution in [3.05, 3.63) is 0 Å². The molecule has 0 bridgehead atoms. The van der Waals surface area contributed by atoms with Gasteiger partial charge in [0.25, 0.3) is 0 Å². The molecule has 17 heavy (non-hydrogen) atoms. The van der Waals surface area contributed by atoms with Gasteiger partial charge in [-0.2, -0.15) is 0 Å². The van der Waals surface area contributed by atoms with Crippen molar-refractivity contribution in [3.63, 3.8) is 0 Å². The molecule has 1 unspecified atom stereocenters. The van der Waals surface area contributed by atoms with Gasteiger partial charge in [0, 0.05) is 18.5 Å². The zero-order valence-corrected chi connectivity index (χ0v) is 12.2. The molecule has 100 valence electrons. The Balaban J connectivity index is 2.33. The van der Waals surface area contributed by atoms with Gasteiger partial charge >= 0.3 is 0 Å². The van der Waals surface area contributed by atoms with Crippen LogP contribution >= 0.6 is 0 Å². The van der Waals surface area contributed by atoms with Crippen LogP contribution in [-0.4, -0.2) is 42.0 Å². The van der Waals surface area contributed by atoms with Gasteiger partial charge in [-0.15, -0.1) is 0 Å². The van der Waals surface area contributed by atoms with Crippen LogP contribution in [0.1, 0.15) is 48.0 Å². The normalized spacial score (nSPS) is 30.4. The van der Waals surface area contributed by atoms with E-state index in [1.54, 1.807) is 0 Å². The minimum absolute atomic E-state index is 0.161. The fourth-order valence-corrected chi connectivity index (χ4v) is 3.40. The molecule has 2 aliphatic heterocycles. The fraction of sp³-hybridized carbons (Fsp3) is 1.00. The summed E-state index contributed by atoms with van der Waals surface area (Å²) < 4.78 is 12.0. The largest absolute Gasteiger partial charge is 0.346 e. The molecule has 0 aromatic heterocycles. The lowest BCUT2D eigenvalue weighted by atomic mass is 9.80. The topological polar surface area (TPSA) is 21.7 Å². The Morgan fingerprint density at radius 2 is 1.53 bits per heavy atom. The molecular weight excluding hydrogens is 214 g/mol. The van der Waals surface area contributed by atoms with Crippen molar-refractivity contribution in [2.24, 2.45) is 5.41 Å². The minimum atomic E-state index is -0.356. The highest BCUT2D eigenvalue weighted by Crippen LogP contribution is 2.47. The fourth-order valence-electron chi connectivity index (χ4n) is 3.40. The highest BCUT2D eigenvalue weighted by Gasteiger charge is 2.58. The number of hydrogen-bond donors (Lipinski definition) is 0. The Morgan fingerprint density at radius 3 is 1.94 bits per heavy atom. The third kappa shape index (κ3) is 2.25. The standard InChI is InChI=1S/C14H27NO2/c1-12(2,3)11-14(16-9-10-17-14)7-8-15(11)13(4,5)6/h11H,7-10H2,1-6H3. The average Bonchev–Trinajstić information content (AvgIpc) is 2.71. The molecule has 1 spiro atoms. The summed E-state index contributed by atoms with van der Waals surface area (Å²) in [5, 5.41) is 0. The maximum Gasteiger partial charge on any atom is 0.185 e. The molecule has 2 fully saturated rings. The highest BCUT2D eigenvalue weighted by atomic mass is 16.7. The summed E-state index contributed by atoms with van der Waals surface area (Å²) in [7, 11) is 0. The molecule has 2 rings (SSSR count). The number of rotatable bonds is 0. The molecule has 3 heteroatoms. The van der Waals surface area contributed by atoms with E-state index < -0.39 is 0 Å². The summed E-state index contributed by atoms with van der Waals surface area (Å²) in [6.07, 6.45) is 0.992. The average molecular weight is 241 g/mol. The van der Waals surface area contributed by atoms with Gasteiger partial charge in [0.05, 0.1) is 19.3 Å². The Bertz CT molecular complexity index is 282. The first kappa shape index (κ1) is 13.3.